The van der Waals surface area contributed by atoms with Gasteiger partial charge in [-0.25, -0.2) is 0 Å². The predicted molar refractivity (Wildman–Crippen MR) is 27.9 cm³/mol. The molecule has 0 spiro atoms. The molecule has 0 aliphatic carbocycles. The van der Waals surface area contributed by atoms with Gasteiger partial charge in [0.1, 0.15) is 0 Å². The third-order valence-electron chi connectivity index (χ3n) is 0.655. The quantitative estimate of drug-likeness (QED) is 0.270. The Bertz CT molecular complexity index is 111. The van der Waals surface area contributed by atoms with Crippen LogP contribution in [-0.4, -0.2) is 18.1 Å². The standard InChI is InChI=1S/C4H8N2O2/c1-3(7)4(8)2-6-5/h6H,2,5H2,1H3. The molecule has 0 aromatic rings. The smallest absolute Gasteiger partial charge is 0.213 e. The number of carbonyl (C=O) groups is 2. The molecule has 0 atom stereocenters. The van der Waals surface area contributed by atoms with E-state index in [4.69, 9.17) is 5.84 Å². The van der Waals surface area contributed by atoms with E-state index in [0.717, 1.165) is 0 Å². The average Bonchev–Trinajstić information content (AvgIpc) is 1.67. The van der Waals surface area contributed by atoms with Gasteiger partial charge in [0.25, 0.3) is 0 Å². The Morgan fingerprint density at radius 2 is 2.12 bits per heavy atom. The van der Waals surface area contributed by atoms with Crippen LogP contribution in [0.25, 0.3) is 0 Å². The molecule has 0 aliphatic rings. The summed E-state index contributed by atoms with van der Waals surface area (Å²) >= 11 is 0. The van der Waals surface area contributed by atoms with Gasteiger partial charge in [-0.1, -0.05) is 0 Å². The maximum atomic E-state index is 10.3. The van der Waals surface area contributed by atoms with E-state index in [9.17, 15) is 9.59 Å². The first kappa shape index (κ1) is 7.26. The van der Waals surface area contributed by atoms with E-state index in [1.54, 1.807) is 0 Å². The highest BCUT2D eigenvalue weighted by Crippen LogP contribution is 1.68. The van der Waals surface area contributed by atoms with Crippen molar-refractivity contribution in [3.8, 4) is 0 Å². The minimum Gasteiger partial charge on any atom is -0.291 e. The topological polar surface area (TPSA) is 72.2 Å². The second-order valence-corrected chi connectivity index (χ2v) is 1.36. The van der Waals surface area contributed by atoms with Gasteiger partial charge in [-0.3, -0.25) is 20.9 Å². The van der Waals surface area contributed by atoms with E-state index in [1.165, 1.54) is 6.92 Å². The molecule has 0 aliphatic heterocycles. The molecule has 0 fully saturated rings. The van der Waals surface area contributed by atoms with Crippen molar-refractivity contribution in [1.82, 2.24) is 5.43 Å². The molecule has 0 heterocycles. The van der Waals surface area contributed by atoms with Crippen LogP contribution in [0.15, 0.2) is 0 Å². The Kier molecular flexibility index (Phi) is 2.98. The highest BCUT2D eigenvalue weighted by molar-refractivity contribution is 6.37. The van der Waals surface area contributed by atoms with E-state index in [0.29, 0.717) is 0 Å². The molecule has 46 valence electrons. The molecule has 0 aromatic carbocycles. The lowest BCUT2D eigenvalue weighted by molar-refractivity contribution is -0.134. The van der Waals surface area contributed by atoms with Crippen molar-refractivity contribution in [1.29, 1.82) is 0 Å². The molecule has 0 aromatic heterocycles. The van der Waals surface area contributed by atoms with Crippen molar-refractivity contribution < 1.29 is 9.59 Å². The summed E-state index contributed by atoms with van der Waals surface area (Å²) in [5.41, 5.74) is 2.08. The second kappa shape index (κ2) is 3.29. The molecular weight excluding hydrogens is 108 g/mol. The highest BCUT2D eigenvalue weighted by atomic mass is 16.2. The third kappa shape index (κ3) is 2.44. The second-order valence-electron chi connectivity index (χ2n) is 1.36. The molecule has 3 N–H and O–H groups in total. The maximum Gasteiger partial charge on any atom is 0.213 e. The number of hydrazine groups is 1. The van der Waals surface area contributed by atoms with Gasteiger partial charge in [0.05, 0.1) is 6.54 Å². The minimum absolute atomic E-state index is 0.0741. The number of carbonyl (C=O) groups excluding carboxylic acids is 2. The average molecular weight is 116 g/mol. The first-order valence-electron chi connectivity index (χ1n) is 2.15. The molecule has 4 nitrogen and oxygen atoms in total. The minimum atomic E-state index is -0.493. The van der Waals surface area contributed by atoms with Gasteiger partial charge < -0.3 is 0 Å². The summed E-state index contributed by atoms with van der Waals surface area (Å²) in [6.07, 6.45) is 0. The largest absolute Gasteiger partial charge is 0.291 e. The fraction of sp³-hybridized carbons (Fsp3) is 0.500. The van der Waals surface area contributed by atoms with Crippen LogP contribution in [0.3, 0.4) is 0 Å². The summed E-state index contributed by atoms with van der Waals surface area (Å²) < 4.78 is 0. The lowest BCUT2D eigenvalue weighted by Gasteiger charge is -1.90. The van der Waals surface area contributed by atoms with Gasteiger partial charge in [-0.2, -0.15) is 0 Å². The van der Waals surface area contributed by atoms with Crippen LogP contribution in [0.5, 0.6) is 0 Å². The zero-order chi connectivity index (χ0) is 6.57. The molecule has 0 bridgehead atoms. The summed E-state index contributed by atoms with van der Waals surface area (Å²) in [6.45, 7) is 1.13. The first-order valence-corrected chi connectivity index (χ1v) is 2.15. The Balaban J connectivity index is 3.49. The zero-order valence-corrected chi connectivity index (χ0v) is 4.60. The Labute approximate surface area is 47.0 Å². The Hall–Kier alpha value is -0.740. The Morgan fingerprint density at radius 1 is 1.62 bits per heavy atom. The van der Waals surface area contributed by atoms with Crippen molar-refractivity contribution in [3.63, 3.8) is 0 Å². The summed E-state index contributed by atoms with van der Waals surface area (Å²) in [5.74, 6) is 3.78. The van der Waals surface area contributed by atoms with Gasteiger partial charge in [0.15, 0.2) is 5.78 Å². The molecule has 0 saturated carbocycles. The van der Waals surface area contributed by atoms with E-state index in [-0.39, 0.29) is 6.54 Å². The monoisotopic (exact) mass is 116 g/mol. The van der Waals surface area contributed by atoms with Crippen molar-refractivity contribution in [3.05, 3.63) is 0 Å². The van der Waals surface area contributed by atoms with E-state index in [2.05, 4.69) is 5.43 Å². The van der Waals surface area contributed by atoms with Crippen LogP contribution in [0.2, 0.25) is 0 Å². The predicted octanol–water partition coefficient (Wildman–Crippen LogP) is -1.39. The summed E-state index contributed by atoms with van der Waals surface area (Å²) in [5, 5.41) is 0. The number of Topliss-reactive ketones (excluding diaryl/α,β-unsaturated/α-hetero) is 2. The van der Waals surface area contributed by atoms with Gasteiger partial charge in [-0.05, 0) is 0 Å². The number of nitrogens with two attached hydrogens (primary N) is 1. The first-order chi connectivity index (χ1) is 3.68. The van der Waals surface area contributed by atoms with Crippen molar-refractivity contribution in [2.24, 2.45) is 5.84 Å². The molecule has 0 saturated heterocycles. The van der Waals surface area contributed by atoms with E-state index in [1.807, 2.05) is 0 Å². The van der Waals surface area contributed by atoms with E-state index >= 15 is 0 Å². The number of nitrogens with one attached hydrogen (secondary N) is 1. The van der Waals surface area contributed by atoms with Crippen LogP contribution < -0.4 is 11.3 Å². The molecule has 0 unspecified atom stereocenters. The van der Waals surface area contributed by atoms with Gasteiger partial charge >= 0.3 is 0 Å². The summed E-state index contributed by atoms with van der Waals surface area (Å²) in [7, 11) is 0. The lowest BCUT2D eigenvalue weighted by Crippen LogP contribution is -2.32. The fourth-order valence-electron chi connectivity index (χ4n) is 0.217. The number of hydrogen-bond donors (Lipinski definition) is 2. The van der Waals surface area contributed by atoms with Crippen LogP contribution in [-0.2, 0) is 9.59 Å². The van der Waals surface area contributed by atoms with Gasteiger partial charge in [0, 0.05) is 6.92 Å². The summed E-state index contributed by atoms with van der Waals surface area (Å²) in [4.78, 5) is 20.3. The molecule has 4 heteroatoms. The molecule has 0 amide bonds. The maximum absolute atomic E-state index is 10.3. The molecule has 8 heavy (non-hydrogen) atoms. The normalized spacial score (nSPS) is 8.75. The van der Waals surface area contributed by atoms with Crippen molar-refractivity contribution >= 4 is 11.6 Å². The summed E-state index contributed by atoms with van der Waals surface area (Å²) in [6, 6.07) is 0. The molecule has 0 rings (SSSR count). The number of rotatable bonds is 3. The van der Waals surface area contributed by atoms with Crippen molar-refractivity contribution in [2.75, 3.05) is 6.54 Å². The fourth-order valence-corrected chi connectivity index (χ4v) is 0.217. The third-order valence-corrected chi connectivity index (χ3v) is 0.655. The Morgan fingerprint density at radius 3 is 2.25 bits per heavy atom. The van der Waals surface area contributed by atoms with Crippen molar-refractivity contribution in [2.45, 2.75) is 6.92 Å². The number of ketones is 2. The van der Waals surface area contributed by atoms with Gasteiger partial charge in [-0.15, -0.1) is 0 Å². The highest BCUT2D eigenvalue weighted by Gasteiger charge is 2.03. The van der Waals surface area contributed by atoms with Crippen LogP contribution in [0, 0.1) is 0 Å². The number of hydrogen-bond acceptors (Lipinski definition) is 4. The van der Waals surface area contributed by atoms with E-state index < -0.39 is 11.6 Å². The SMILES string of the molecule is CC(=O)C(=O)CNN. The molecular formula is C4H8N2O2. The van der Waals surface area contributed by atoms with Gasteiger partial charge in [0.2, 0.25) is 5.78 Å². The lowest BCUT2D eigenvalue weighted by atomic mass is 10.3. The van der Waals surface area contributed by atoms with Crippen LogP contribution >= 0.6 is 0 Å². The molecule has 0 radical (unpaired) electrons. The zero-order valence-electron chi connectivity index (χ0n) is 4.60. The van der Waals surface area contributed by atoms with Crippen LogP contribution in [0.4, 0.5) is 0 Å². The van der Waals surface area contributed by atoms with Crippen LogP contribution in [0.1, 0.15) is 6.92 Å².